The van der Waals surface area contributed by atoms with Gasteiger partial charge in [-0.1, -0.05) is 22.6 Å². The van der Waals surface area contributed by atoms with Crippen LogP contribution in [0.1, 0.15) is 12.0 Å². The van der Waals surface area contributed by atoms with Crippen molar-refractivity contribution in [3.63, 3.8) is 0 Å². The molecule has 1 atom stereocenters. The molecule has 80 valence electrons. The number of anilines is 1. The molecule has 5 heteroatoms. The van der Waals surface area contributed by atoms with E-state index in [-0.39, 0.29) is 15.6 Å². The average molecular weight is 384 g/mol. The zero-order chi connectivity index (χ0) is 11.0. The molecule has 0 saturated carbocycles. The highest BCUT2D eigenvalue weighted by molar-refractivity contribution is 14.1. The van der Waals surface area contributed by atoms with Gasteiger partial charge in [-0.25, -0.2) is 4.39 Å². The number of alkyl halides is 1. The summed E-state index contributed by atoms with van der Waals surface area (Å²) in [4.78, 5) is 11.5. The second-order valence-corrected chi connectivity index (χ2v) is 5.78. The summed E-state index contributed by atoms with van der Waals surface area (Å²) in [5.41, 5.74) is 1.58. The largest absolute Gasteiger partial charge is 0.325 e. The standard InChI is InChI=1S/C10H8BrFINO/c11-6-4-9-5(3-7(6)12)1-2-8(13)10(15)14-9/h3-4,8H,1-2H2,(H,14,15). The number of nitrogens with one attached hydrogen (secondary N) is 1. The van der Waals surface area contributed by atoms with Crippen molar-refractivity contribution in [2.45, 2.75) is 16.8 Å². The van der Waals surface area contributed by atoms with Crippen LogP contribution in [-0.2, 0) is 11.2 Å². The lowest BCUT2D eigenvalue weighted by Crippen LogP contribution is -2.20. The molecule has 0 aromatic heterocycles. The van der Waals surface area contributed by atoms with Crippen LogP contribution >= 0.6 is 38.5 Å². The molecule has 0 radical (unpaired) electrons. The summed E-state index contributed by atoms with van der Waals surface area (Å²) in [5.74, 6) is -0.289. The summed E-state index contributed by atoms with van der Waals surface area (Å²) >= 11 is 5.21. The van der Waals surface area contributed by atoms with Crippen LogP contribution in [0.5, 0.6) is 0 Å². The van der Waals surface area contributed by atoms with Gasteiger partial charge in [-0.15, -0.1) is 0 Å². The number of aryl methyl sites for hydroxylation is 1. The number of rotatable bonds is 0. The van der Waals surface area contributed by atoms with Crippen LogP contribution in [-0.4, -0.2) is 9.83 Å². The number of hydrogen-bond donors (Lipinski definition) is 1. The second-order valence-electron chi connectivity index (χ2n) is 3.42. The van der Waals surface area contributed by atoms with Gasteiger partial charge in [-0.2, -0.15) is 0 Å². The lowest BCUT2D eigenvalue weighted by molar-refractivity contribution is -0.115. The molecule has 1 aliphatic heterocycles. The van der Waals surface area contributed by atoms with Gasteiger partial charge in [0.25, 0.3) is 0 Å². The first kappa shape index (κ1) is 11.3. The van der Waals surface area contributed by atoms with E-state index < -0.39 is 0 Å². The highest BCUT2D eigenvalue weighted by Gasteiger charge is 2.21. The van der Waals surface area contributed by atoms with Crippen LogP contribution < -0.4 is 5.32 Å². The minimum atomic E-state index is -0.282. The summed E-state index contributed by atoms with van der Waals surface area (Å²) in [6, 6.07) is 3.10. The van der Waals surface area contributed by atoms with Crippen molar-refractivity contribution in [1.29, 1.82) is 0 Å². The fourth-order valence-electron chi connectivity index (χ4n) is 1.54. The molecule has 15 heavy (non-hydrogen) atoms. The van der Waals surface area contributed by atoms with Crippen molar-refractivity contribution in [2.75, 3.05) is 5.32 Å². The molecular weight excluding hydrogens is 376 g/mol. The first-order chi connectivity index (χ1) is 7.08. The molecule has 0 saturated heterocycles. The molecule has 2 nitrogen and oxygen atoms in total. The number of fused-ring (bicyclic) bond motifs is 1. The molecule has 1 amide bonds. The van der Waals surface area contributed by atoms with Crippen molar-refractivity contribution in [1.82, 2.24) is 0 Å². The zero-order valence-corrected chi connectivity index (χ0v) is 11.4. The maximum Gasteiger partial charge on any atom is 0.237 e. The molecule has 1 heterocycles. The first-order valence-electron chi connectivity index (χ1n) is 4.51. The predicted octanol–water partition coefficient (Wildman–Crippen LogP) is 3.28. The zero-order valence-electron chi connectivity index (χ0n) is 7.69. The van der Waals surface area contributed by atoms with Gasteiger partial charge in [0.1, 0.15) is 5.82 Å². The lowest BCUT2D eigenvalue weighted by Gasteiger charge is -2.07. The quantitative estimate of drug-likeness (QED) is 0.540. The Hall–Kier alpha value is -0.170. The smallest absolute Gasteiger partial charge is 0.237 e. The molecule has 2 rings (SSSR count). The second kappa shape index (κ2) is 4.37. The van der Waals surface area contributed by atoms with Crippen molar-refractivity contribution in [3.05, 3.63) is 28.0 Å². The van der Waals surface area contributed by atoms with Gasteiger partial charge in [0, 0.05) is 5.69 Å². The molecule has 1 N–H and O–H groups in total. The monoisotopic (exact) mass is 383 g/mol. The van der Waals surface area contributed by atoms with Crippen LogP contribution in [0.25, 0.3) is 0 Å². The highest BCUT2D eigenvalue weighted by Crippen LogP contribution is 2.29. The van der Waals surface area contributed by atoms with E-state index in [1.807, 2.05) is 0 Å². The van der Waals surface area contributed by atoms with E-state index in [1.54, 1.807) is 6.07 Å². The minimum absolute atomic E-state index is 0.00661. The predicted molar refractivity (Wildman–Crippen MR) is 68.9 cm³/mol. The van der Waals surface area contributed by atoms with E-state index >= 15 is 0 Å². The van der Waals surface area contributed by atoms with Gasteiger partial charge < -0.3 is 5.32 Å². The number of halogens is 3. The summed E-state index contributed by atoms with van der Waals surface area (Å²) in [6.45, 7) is 0. The van der Waals surface area contributed by atoms with Gasteiger partial charge in [0.05, 0.1) is 8.40 Å². The van der Waals surface area contributed by atoms with Crippen LogP contribution in [0, 0.1) is 5.82 Å². The number of amides is 1. The third-order valence-electron chi connectivity index (χ3n) is 2.36. The maximum absolute atomic E-state index is 13.3. The summed E-state index contributed by atoms with van der Waals surface area (Å²) in [7, 11) is 0. The molecule has 0 fully saturated rings. The fourth-order valence-corrected chi connectivity index (χ4v) is 2.35. The van der Waals surface area contributed by atoms with E-state index in [1.165, 1.54) is 6.07 Å². The van der Waals surface area contributed by atoms with E-state index in [0.29, 0.717) is 10.2 Å². The third-order valence-corrected chi connectivity index (χ3v) is 4.15. The van der Waals surface area contributed by atoms with Gasteiger partial charge >= 0.3 is 0 Å². The molecule has 0 aliphatic carbocycles. The Morgan fingerprint density at radius 3 is 3.00 bits per heavy atom. The van der Waals surface area contributed by atoms with E-state index in [9.17, 15) is 9.18 Å². The average Bonchev–Trinajstić information content (AvgIpc) is 2.31. The normalized spacial score (nSPS) is 20.5. The van der Waals surface area contributed by atoms with Gasteiger partial charge in [0.2, 0.25) is 5.91 Å². The van der Waals surface area contributed by atoms with Gasteiger partial charge in [0.15, 0.2) is 0 Å². The maximum atomic E-state index is 13.3. The van der Waals surface area contributed by atoms with Crippen molar-refractivity contribution in [2.24, 2.45) is 0 Å². The van der Waals surface area contributed by atoms with Crippen molar-refractivity contribution in [3.8, 4) is 0 Å². The Morgan fingerprint density at radius 2 is 2.27 bits per heavy atom. The number of hydrogen-bond acceptors (Lipinski definition) is 1. The Labute approximate surface area is 109 Å². The van der Waals surface area contributed by atoms with Gasteiger partial charge in [-0.05, 0) is 46.5 Å². The van der Waals surface area contributed by atoms with E-state index in [4.69, 9.17) is 0 Å². The Balaban J connectivity index is 2.43. The Morgan fingerprint density at radius 1 is 1.53 bits per heavy atom. The number of carbonyl (C=O) groups excluding carboxylic acids is 1. The van der Waals surface area contributed by atoms with Gasteiger partial charge in [-0.3, -0.25) is 4.79 Å². The molecule has 1 unspecified atom stereocenters. The van der Waals surface area contributed by atoms with Crippen LogP contribution in [0.4, 0.5) is 10.1 Å². The Bertz CT molecular complexity index is 424. The molecule has 0 bridgehead atoms. The molecule has 0 spiro atoms. The first-order valence-corrected chi connectivity index (χ1v) is 6.54. The van der Waals surface area contributed by atoms with E-state index in [0.717, 1.165) is 18.4 Å². The third kappa shape index (κ3) is 2.33. The number of carbonyl (C=O) groups is 1. The van der Waals surface area contributed by atoms with Crippen LogP contribution in [0.3, 0.4) is 0 Å². The molecule has 1 aromatic carbocycles. The summed E-state index contributed by atoms with van der Waals surface area (Å²) in [5, 5.41) is 2.80. The lowest BCUT2D eigenvalue weighted by atomic mass is 10.1. The molecular formula is C10H8BrFINO. The number of benzene rings is 1. The van der Waals surface area contributed by atoms with Crippen molar-refractivity contribution < 1.29 is 9.18 Å². The fraction of sp³-hybridized carbons (Fsp3) is 0.300. The van der Waals surface area contributed by atoms with Crippen LogP contribution in [0.2, 0.25) is 0 Å². The Kier molecular flexibility index (Phi) is 3.30. The molecule has 1 aromatic rings. The summed E-state index contributed by atoms with van der Waals surface area (Å²) in [6.07, 6.45) is 1.48. The summed E-state index contributed by atoms with van der Waals surface area (Å²) < 4.78 is 13.6. The minimum Gasteiger partial charge on any atom is -0.325 e. The van der Waals surface area contributed by atoms with Crippen molar-refractivity contribution >= 4 is 50.1 Å². The SMILES string of the molecule is O=C1Nc2cc(Br)c(F)cc2CCC1I. The van der Waals surface area contributed by atoms with E-state index in [2.05, 4.69) is 43.8 Å². The highest BCUT2D eigenvalue weighted by atomic mass is 127. The molecule has 1 aliphatic rings. The topological polar surface area (TPSA) is 29.1 Å². The van der Waals surface area contributed by atoms with Crippen LogP contribution in [0.15, 0.2) is 16.6 Å².